The molecule has 4 rings (SSSR count). The van der Waals surface area contributed by atoms with Crippen molar-refractivity contribution in [2.45, 2.75) is 76.3 Å². The highest BCUT2D eigenvalue weighted by molar-refractivity contribution is 7.98. The number of carbonyl (C=O) groups is 6. The fourth-order valence-electron chi connectivity index (χ4n) is 5.69. The smallest absolute Gasteiger partial charge is 0.270 e. The van der Waals surface area contributed by atoms with Crippen molar-refractivity contribution >= 4 is 47.2 Å². The van der Waals surface area contributed by atoms with Crippen molar-refractivity contribution in [2.75, 3.05) is 18.6 Å². The fourth-order valence-corrected chi connectivity index (χ4v) is 6.16. The van der Waals surface area contributed by atoms with E-state index in [2.05, 4.69) is 31.6 Å². The van der Waals surface area contributed by atoms with Gasteiger partial charge in [0.15, 0.2) is 0 Å². The molecule has 2 aliphatic heterocycles. The number of fused-ring (bicyclic) bond motifs is 1. The molecule has 0 spiro atoms. The van der Waals surface area contributed by atoms with Crippen LogP contribution >= 0.6 is 11.8 Å². The van der Waals surface area contributed by atoms with Crippen molar-refractivity contribution in [1.82, 2.24) is 36.5 Å². The van der Waals surface area contributed by atoms with Crippen molar-refractivity contribution in [3.05, 3.63) is 66.0 Å². The lowest BCUT2D eigenvalue weighted by Gasteiger charge is -2.32. The van der Waals surface area contributed by atoms with Crippen molar-refractivity contribution in [2.24, 2.45) is 5.92 Å². The molecule has 6 atom stereocenters. The van der Waals surface area contributed by atoms with Gasteiger partial charge >= 0.3 is 0 Å². The van der Waals surface area contributed by atoms with E-state index in [1.54, 1.807) is 56.3 Å². The Kier molecular flexibility index (Phi) is 12.3. The minimum Gasteiger partial charge on any atom is -0.347 e. The van der Waals surface area contributed by atoms with E-state index < -0.39 is 71.7 Å². The van der Waals surface area contributed by atoms with E-state index in [1.165, 1.54) is 29.8 Å². The summed E-state index contributed by atoms with van der Waals surface area (Å²) < 4.78 is 0. The molecule has 0 saturated carbocycles. The molecule has 0 radical (unpaired) electrons. The molecule has 252 valence electrons. The van der Waals surface area contributed by atoms with Crippen LogP contribution in [0.25, 0.3) is 0 Å². The van der Waals surface area contributed by atoms with Gasteiger partial charge in [0.2, 0.25) is 29.5 Å². The highest BCUT2D eigenvalue weighted by Gasteiger charge is 2.44. The molecular formula is C33H43N7O6S. The number of benzene rings is 1. The summed E-state index contributed by atoms with van der Waals surface area (Å²) in [5.74, 6) is -2.86. The largest absolute Gasteiger partial charge is 0.347 e. The number of rotatable bonds is 7. The lowest BCUT2D eigenvalue weighted by molar-refractivity contribution is -0.143. The molecule has 2 fully saturated rings. The summed E-state index contributed by atoms with van der Waals surface area (Å²) in [5.41, 5.74) is 0.868. The van der Waals surface area contributed by atoms with E-state index >= 15 is 0 Å². The molecule has 14 heteroatoms. The molecule has 5 N–H and O–H groups in total. The summed E-state index contributed by atoms with van der Waals surface area (Å²) in [7, 11) is 0. The Morgan fingerprint density at radius 2 is 1.68 bits per heavy atom. The number of aromatic nitrogens is 1. The standard InChI is InChI=1S/C33H43N7O6S/c1-19(2)28-33(46)40-18-22(36-30(43)23-12-8-9-14-34-23)16-26(40)32(45)35-20(3)29(42)38-25(21-10-6-5-7-11-21)17-27(41)37-24(13-15-47-4)31(44)39-28/h5-12,14,19-20,22,24-26,28H,13,15-18H2,1-4H3,(H,35,45)(H,36,43)(H,37,41)(H,38,42)(H,39,44)/t20-,22-,24-,25-,26-,28-/m0/s1. The Morgan fingerprint density at radius 3 is 2.34 bits per heavy atom. The zero-order chi connectivity index (χ0) is 34.1. The molecule has 3 heterocycles. The van der Waals surface area contributed by atoms with Crippen LogP contribution in [-0.2, 0) is 24.0 Å². The molecule has 6 amide bonds. The van der Waals surface area contributed by atoms with Crippen LogP contribution < -0.4 is 26.6 Å². The van der Waals surface area contributed by atoms with Crippen LogP contribution in [0.2, 0.25) is 0 Å². The number of hydrogen-bond acceptors (Lipinski definition) is 8. The minimum absolute atomic E-state index is 0.00210. The Morgan fingerprint density at radius 1 is 0.957 bits per heavy atom. The molecule has 0 aliphatic carbocycles. The normalized spacial score (nSPS) is 26.1. The lowest BCUT2D eigenvalue weighted by atomic mass is 10.0. The first-order valence-electron chi connectivity index (χ1n) is 15.7. The maximum atomic E-state index is 14.1. The summed E-state index contributed by atoms with van der Waals surface area (Å²) >= 11 is 1.51. The molecule has 0 unspecified atom stereocenters. The highest BCUT2D eigenvalue weighted by Crippen LogP contribution is 2.23. The molecule has 13 nitrogen and oxygen atoms in total. The summed E-state index contributed by atoms with van der Waals surface area (Å²) in [6, 6.07) is 8.54. The van der Waals surface area contributed by atoms with Crippen LogP contribution in [-0.4, -0.2) is 94.1 Å². The summed E-state index contributed by atoms with van der Waals surface area (Å²) in [6.45, 7) is 5.07. The molecule has 2 aliphatic rings. The average molecular weight is 666 g/mol. The minimum atomic E-state index is -1.03. The number of carbonyl (C=O) groups excluding carboxylic acids is 6. The van der Waals surface area contributed by atoms with Crippen molar-refractivity contribution < 1.29 is 28.8 Å². The topological polar surface area (TPSA) is 179 Å². The third kappa shape index (κ3) is 9.31. The molecule has 0 bridgehead atoms. The van der Waals surface area contributed by atoms with E-state index in [1.807, 2.05) is 12.3 Å². The van der Waals surface area contributed by atoms with Gasteiger partial charge in [-0.05, 0) is 55.4 Å². The van der Waals surface area contributed by atoms with Gasteiger partial charge in [0, 0.05) is 18.8 Å². The second-order valence-corrected chi connectivity index (χ2v) is 13.2. The van der Waals surface area contributed by atoms with Gasteiger partial charge in [-0.3, -0.25) is 33.8 Å². The van der Waals surface area contributed by atoms with Gasteiger partial charge in [-0.25, -0.2) is 0 Å². The maximum absolute atomic E-state index is 14.1. The lowest BCUT2D eigenvalue weighted by Crippen LogP contribution is -2.59. The second-order valence-electron chi connectivity index (χ2n) is 12.2. The third-order valence-corrected chi connectivity index (χ3v) is 8.92. The van der Waals surface area contributed by atoms with E-state index in [0.29, 0.717) is 17.7 Å². The number of thioether (sulfide) groups is 1. The van der Waals surface area contributed by atoms with Gasteiger partial charge in [-0.15, -0.1) is 0 Å². The van der Waals surface area contributed by atoms with Gasteiger partial charge in [0.1, 0.15) is 29.9 Å². The first-order valence-corrected chi connectivity index (χ1v) is 17.1. The zero-order valence-corrected chi connectivity index (χ0v) is 27.8. The number of nitrogens with zero attached hydrogens (tertiary/aromatic N) is 2. The van der Waals surface area contributed by atoms with Gasteiger partial charge in [0.25, 0.3) is 5.91 Å². The Hall–Kier alpha value is -4.46. The molecule has 2 saturated heterocycles. The van der Waals surface area contributed by atoms with E-state index in [0.717, 1.165) is 0 Å². The van der Waals surface area contributed by atoms with Crippen LogP contribution in [0, 0.1) is 5.92 Å². The van der Waals surface area contributed by atoms with Crippen LogP contribution in [0.15, 0.2) is 54.7 Å². The monoisotopic (exact) mass is 665 g/mol. The first-order chi connectivity index (χ1) is 22.5. The number of amides is 6. The summed E-state index contributed by atoms with van der Waals surface area (Å²) in [6.07, 6.45) is 3.63. The van der Waals surface area contributed by atoms with Gasteiger partial charge < -0.3 is 31.5 Å². The van der Waals surface area contributed by atoms with Crippen molar-refractivity contribution in [3.8, 4) is 0 Å². The first kappa shape index (κ1) is 35.4. The highest BCUT2D eigenvalue weighted by atomic mass is 32.2. The van der Waals surface area contributed by atoms with Crippen LogP contribution in [0.4, 0.5) is 0 Å². The van der Waals surface area contributed by atoms with Gasteiger partial charge in [-0.1, -0.05) is 50.2 Å². The van der Waals surface area contributed by atoms with Crippen LogP contribution in [0.1, 0.15) is 62.1 Å². The molecular weight excluding hydrogens is 622 g/mol. The van der Waals surface area contributed by atoms with Crippen molar-refractivity contribution in [3.63, 3.8) is 0 Å². The Bertz CT molecular complexity index is 1440. The Balaban J connectivity index is 1.67. The number of pyridine rings is 1. The molecule has 2 aromatic rings. The van der Waals surface area contributed by atoms with Crippen LogP contribution in [0.5, 0.6) is 0 Å². The third-order valence-electron chi connectivity index (χ3n) is 8.27. The number of hydrogen-bond donors (Lipinski definition) is 5. The average Bonchev–Trinajstić information content (AvgIpc) is 3.48. The summed E-state index contributed by atoms with van der Waals surface area (Å²) in [5, 5.41) is 14.1. The SMILES string of the molecule is CSCC[C@@H]1NC(=O)C[C@@H](c2ccccc2)NC(=O)[C@H](C)NC(=O)[C@@H]2C[C@H](NC(=O)c3ccccn3)CN2C(=O)[C@H](C(C)C)NC1=O. The van der Waals surface area contributed by atoms with E-state index in [4.69, 9.17) is 0 Å². The fraction of sp³-hybridized carbons (Fsp3) is 0.485. The molecule has 1 aromatic carbocycles. The van der Waals surface area contributed by atoms with E-state index in [9.17, 15) is 28.8 Å². The van der Waals surface area contributed by atoms with E-state index in [-0.39, 0.29) is 31.0 Å². The van der Waals surface area contributed by atoms with Gasteiger partial charge in [0.05, 0.1) is 12.5 Å². The quantitative estimate of drug-likeness (QED) is 0.290. The van der Waals surface area contributed by atoms with Crippen LogP contribution in [0.3, 0.4) is 0 Å². The predicted octanol–water partition coefficient (Wildman–Crippen LogP) is 0.926. The Labute approximate surface area is 278 Å². The predicted molar refractivity (Wildman–Crippen MR) is 177 cm³/mol. The molecule has 1 aromatic heterocycles. The maximum Gasteiger partial charge on any atom is 0.270 e. The summed E-state index contributed by atoms with van der Waals surface area (Å²) in [4.78, 5) is 86.6. The number of nitrogens with one attached hydrogen (secondary N) is 5. The van der Waals surface area contributed by atoms with Crippen molar-refractivity contribution in [1.29, 1.82) is 0 Å². The zero-order valence-electron chi connectivity index (χ0n) is 27.0. The van der Waals surface area contributed by atoms with Gasteiger partial charge in [-0.2, -0.15) is 11.8 Å². The second kappa shape index (κ2) is 16.4. The molecule has 47 heavy (non-hydrogen) atoms.